The molecule has 0 radical (unpaired) electrons. The van der Waals surface area contributed by atoms with Crippen LogP contribution in [0, 0.1) is 0 Å². The molecule has 6 heteroatoms. The Balaban J connectivity index is 4.20. The molecule has 0 bridgehead atoms. The van der Waals surface area contributed by atoms with E-state index in [0.29, 0.717) is 19.3 Å². The highest BCUT2D eigenvalue weighted by Gasteiger charge is 2.19. The van der Waals surface area contributed by atoms with Gasteiger partial charge >= 0.3 is 17.9 Å². The van der Waals surface area contributed by atoms with Gasteiger partial charge in [0, 0.05) is 19.3 Å². The van der Waals surface area contributed by atoms with Crippen LogP contribution in [0.25, 0.3) is 0 Å². The average molecular weight is 938 g/mol. The van der Waals surface area contributed by atoms with Crippen molar-refractivity contribution in [1.82, 2.24) is 0 Å². The van der Waals surface area contributed by atoms with Crippen molar-refractivity contribution >= 4 is 17.9 Å². The van der Waals surface area contributed by atoms with Gasteiger partial charge < -0.3 is 14.2 Å². The van der Waals surface area contributed by atoms with Crippen LogP contribution in [0.2, 0.25) is 0 Å². The minimum absolute atomic E-state index is 0.0722. The van der Waals surface area contributed by atoms with E-state index in [9.17, 15) is 14.4 Å². The van der Waals surface area contributed by atoms with E-state index in [1.165, 1.54) is 154 Å². The van der Waals surface area contributed by atoms with Crippen LogP contribution in [0.3, 0.4) is 0 Å². The van der Waals surface area contributed by atoms with Gasteiger partial charge in [-0.3, -0.25) is 14.4 Å². The number of hydrogen-bond acceptors (Lipinski definition) is 6. The van der Waals surface area contributed by atoms with Crippen LogP contribution in [0.1, 0.15) is 290 Å². The van der Waals surface area contributed by atoms with Crippen molar-refractivity contribution in [2.45, 2.75) is 297 Å². The fourth-order valence-electron chi connectivity index (χ4n) is 8.24. The molecule has 0 N–H and O–H groups in total. The fourth-order valence-corrected chi connectivity index (χ4v) is 8.24. The van der Waals surface area contributed by atoms with E-state index in [4.69, 9.17) is 14.2 Å². The second-order valence-electron chi connectivity index (χ2n) is 19.2. The zero-order valence-corrected chi connectivity index (χ0v) is 44.4. The molecule has 0 aliphatic heterocycles. The van der Waals surface area contributed by atoms with Crippen molar-refractivity contribution in [2.24, 2.45) is 0 Å². The molecule has 0 aromatic heterocycles. The summed E-state index contributed by atoms with van der Waals surface area (Å²) in [6, 6.07) is 0. The predicted octanol–water partition coefficient (Wildman–Crippen LogP) is 19.2. The number of esters is 3. The summed E-state index contributed by atoms with van der Waals surface area (Å²) in [5, 5.41) is 0. The quantitative estimate of drug-likeness (QED) is 0.0262. The van der Waals surface area contributed by atoms with Gasteiger partial charge in [0.05, 0.1) is 0 Å². The van der Waals surface area contributed by atoms with E-state index in [1.54, 1.807) is 0 Å². The van der Waals surface area contributed by atoms with Crippen molar-refractivity contribution in [3.63, 3.8) is 0 Å². The Bertz CT molecular complexity index is 1210. The maximum absolute atomic E-state index is 12.8. The van der Waals surface area contributed by atoms with E-state index in [0.717, 1.165) is 96.3 Å². The molecule has 0 spiro atoms. The Morgan fingerprint density at radius 3 is 0.910 bits per heavy atom. The van der Waals surface area contributed by atoms with Crippen molar-refractivity contribution in [2.75, 3.05) is 13.2 Å². The zero-order valence-electron chi connectivity index (χ0n) is 44.4. The topological polar surface area (TPSA) is 78.9 Å². The van der Waals surface area contributed by atoms with Crippen LogP contribution in [-0.4, -0.2) is 37.2 Å². The van der Waals surface area contributed by atoms with E-state index in [-0.39, 0.29) is 31.1 Å². The first-order valence-electron chi connectivity index (χ1n) is 28.8. The maximum Gasteiger partial charge on any atom is 0.306 e. The van der Waals surface area contributed by atoms with E-state index < -0.39 is 6.10 Å². The van der Waals surface area contributed by atoms with E-state index >= 15 is 0 Å². The third kappa shape index (κ3) is 53.9. The van der Waals surface area contributed by atoms with Gasteiger partial charge in [-0.05, 0) is 64.2 Å². The molecule has 0 amide bonds. The monoisotopic (exact) mass is 937 g/mol. The van der Waals surface area contributed by atoms with Gasteiger partial charge in [-0.2, -0.15) is 0 Å². The fraction of sp³-hybridized carbons (Fsp3) is 0.787. The molecule has 1 atom stereocenters. The summed E-state index contributed by atoms with van der Waals surface area (Å²) >= 11 is 0. The lowest BCUT2D eigenvalue weighted by Gasteiger charge is -2.18. The maximum atomic E-state index is 12.8. The minimum Gasteiger partial charge on any atom is -0.462 e. The summed E-state index contributed by atoms with van der Waals surface area (Å²) in [6.45, 7) is 6.52. The zero-order chi connectivity index (χ0) is 48.6. The van der Waals surface area contributed by atoms with Gasteiger partial charge in [-0.15, -0.1) is 0 Å². The van der Waals surface area contributed by atoms with Crippen molar-refractivity contribution in [3.05, 3.63) is 60.8 Å². The largest absolute Gasteiger partial charge is 0.462 e. The molecule has 0 saturated carbocycles. The first kappa shape index (κ1) is 64.1. The normalized spacial score (nSPS) is 12.5. The van der Waals surface area contributed by atoms with Crippen LogP contribution in [0.15, 0.2) is 60.8 Å². The standard InChI is InChI=1S/C61H108O6/c1-4-7-10-13-16-19-21-23-25-27-28-29-30-31-32-33-34-35-37-38-40-42-45-48-51-54-60(63)66-57-58(56-65-59(62)53-50-47-44-18-15-12-9-6-3)67-61(64)55-52-49-46-43-41-39-36-26-24-22-20-17-14-11-8-5-2/h7,10,16,19,23,25,28-29,31-32,58H,4-6,8-9,11-15,17-18,20-22,24,26-27,30,33-57H2,1-3H3/b10-7-,19-16-,25-23-,29-28-,32-31-. The Morgan fingerprint density at radius 1 is 0.313 bits per heavy atom. The van der Waals surface area contributed by atoms with Gasteiger partial charge in [-0.25, -0.2) is 0 Å². The average Bonchev–Trinajstić information content (AvgIpc) is 3.33. The number of rotatable bonds is 52. The highest BCUT2D eigenvalue weighted by Crippen LogP contribution is 2.16. The minimum atomic E-state index is -0.771. The van der Waals surface area contributed by atoms with Crippen molar-refractivity contribution < 1.29 is 28.6 Å². The Labute approximate surface area is 415 Å². The molecule has 0 aromatic carbocycles. The molecule has 0 fully saturated rings. The summed E-state index contributed by atoms with van der Waals surface area (Å²) in [7, 11) is 0. The summed E-state index contributed by atoms with van der Waals surface area (Å²) in [6.07, 6.45) is 69.4. The van der Waals surface area contributed by atoms with E-state index in [2.05, 4.69) is 81.5 Å². The number of hydrogen-bond donors (Lipinski definition) is 0. The Hall–Kier alpha value is -2.89. The molecule has 388 valence electrons. The summed E-state index contributed by atoms with van der Waals surface area (Å²) in [5.74, 6) is -0.870. The Kier molecular flexibility index (Phi) is 53.3. The summed E-state index contributed by atoms with van der Waals surface area (Å²) in [4.78, 5) is 38.0. The van der Waals surface area contributed by atoms with Gasteiger partial charge in [0.2, 0.25) is 0 Å². The lowest BCUT2D eigenvalue weighted by molar-refractivity contribution is -0.167. The smallest absolute Gasteiger partial charge is 0.306 e. The van der Waals surface area contributed by atoms with Gasteiger partial charge in [0.1, 0.15) is 13.2 Å². The molecule has 0 aromatic rings. The number of carbonyl (C=O) groups excluding carboxylic acids is 3. The van der Waals surface area contributed by atoms with Crippen LogP contribution in [0.4, 0.5) is 0 Å². The highest BCUT2D eigenvalue weighted by molar-refractivity contribution is 5.71. The van der Waals surface area contributed by atoms with Crippen molar-refractivity contribution in [3.8, 4) is 0 Å². The molecule has 0 aliphatic rings. The molecule has 0 rings (SSSR count). The highest BCUT2D eigenvalue weighted by atomic mass is 16.6. The van der Waals surface area contributed by atoms with Crippen LogP contribution in [-0.2, 0) is 28.6 Å². The number of unbranched alkanes of at least 4 members (excludes halogenated alkanes) is 31. The lowest BCUT2D eigenvalue weighted by atomic mass is 10.0. The van der Waals surface area contributed by atoms with E-state index in [1.807, 2.05) is 0 Å². The molecule has 1 unspecified atom stereocenters. The van der Waals surface area contributed by atoms with Crippen molar-refractivity contribution in [1.29, 1.82) is 0 Å². The first-order valence-corrected chi connectivity index (χ1v) is 28.8. The predicted molar refractivity (Wildman–Crippen MR) is 288 cm³/mol. The summed E-state index contributed by atoms with van der Waals surface area (Å²) < 4.78 is 16.8. The third-order valence-electron chi connectivity index (χ3n) is 12.5. The molecule has 67 heavy (non-hydrogen) atoms. The lowest BCUT2D eigenvalue weighted by Crippen LogP contribution is -2.30. The molecular weight excluding hydrogens is 829 g/mol. The molecule has 0 saturated heterocycles. The second-order valence-corrected chi connectivity index (χ2v) is 19.2. The number of ether oxygens (including phenoxy) is 3. The molecular formula is C61H108O6. The van der Waals surface area contributed by atoms with Gasteiger partial charge in [0.25, 0.3) is 0 Å². The molecule has 0 aliphatic carbocycles. The molecule has 6 nitrogen and oxygen atoms in total. The first-order chi connectivity index (χ1) is 33.0. The molecule has 0 heterocycles. The van der Waals surface area contributed by atoms with Gasteiger partial charge in [0.15, 0.2) is 6.10 Å². The number of allylic oxidation sites excluding steroid dienone is 10. The van der Waals surface area contributed by atoms with Gasteiger partial charge in [-0.1, -0.05) is 268 Å². The Morgan fingerprint density at radius 2 is 0.582 bits per heavy atom. The number of carbonyl (C=O) groups is 3. The SMILES string of the molecule is CC/C=C\C/C=C\C/C=C\C/C=C\C/C=C\CCCCCCCCCCCC(=O)OCC(COC(=O)CCCCCCCCCC)OC(=O)CCCCCCCCCCCCCCCCCC. The third-order valence-corrected chi connectivity index (χ3v) is 12.5. The van der Waals surface area contributed by atoms with Crippen LogP contribution >= 0.6 is 0 Å². The summed E-state index contributed by atoms with van der Waals surface area (Å²) in [5.41, 5.74) is 0. The van der Waals surface area contributed by atoms with Crippen LogP contribution < -0.4 is 0 Å². The van der Waals surface area contributed by atoms with Crippen LogP contribution in [0.5, 0.6) is 0 Å². The second kappa shape index (κ2) is 55.7.